The van der Waals surface area contributed by atoms with Gasteiger partial charge in [0.25, 0.3) is 0 Å². The highest BCUT2D eigenvalue weighted by atomic mass is 19.4. The quantitative estimate of drug-likeness (QED) is 0.261. The zero-order valence-corrected chi connectivity index (χ0v) is 19.6. The summed E-state index contributed by atoms with van der Waals surface area (Å²) in [5, 5.41) is 1.50. The second kappa shape index (κ2) is 11.0. The first-order chi connectivity index (χ1) is 16.4. The summed E-state index contributed by atoms with van der Waals surface area (Å²) in [5.74, 6) is 7.74. The molecule has 4 rings (SSSR count). The zero-order chi connectivity index (χ0) is 24.0. The van der Waals surface area contributed by atoms with Crippen molar-refractivity contribution >= 4 is 10.8 Å². The molecule has 3 aromatic carbocycles. The van der Waals surface area contributed by atoms with Crippen molar-refractivity contribution in [2.45, 2.75) is 70.6 Å². The third kappa shape index (κ3) is 6.79. The van der Waals surface area contributed by atoms with Crippen LogP contribution in [0.3, 0.4) is 0 Å². The zero-order valence-electron chi connectivity index (χ0n) is 19.6. The van der Waals surface area contributed by atoms with Crippen LogP contribution < -0.4 is 4.74 Å². The molecule has 4 heteroatoms. The van der Waals surface area contributed by atoms with Crippen LogP contribution in [0.15, 0.2) is 60.7 Å². The lowest BCUT2D eigenvalue weighted by Gasteiger charge is -2.29. The fourth-order valence-electron chi connectivity index (χ4n) is 4.95. The Balaban J connectivity index is 1.36. The minimum atomic E-state index is -4.69. The Morgan fingerprint density at radius 3 is 2.15 bits per heavy atom. The number of rotatable bonds is 6. The minimum Gasteiger partial charge on any atom is -0.406 e. The number of hydrogen-bond donors (Lipinski definition) is 0. The SMILES string of the molecule is CCCCC[C@H]1CC[C@H](c2ccc(C#Cc3ccc4cc(OC(F)(F)F)ccc4c3)cc2)CC1. The predicted octanol–water partition coefficient (Wildman–Crippen LogP) is 8.99. The molecule has 0 N–H and O–H groups in total. The summed E-state index contributed by atoms with van der Waals surface area (Å²) in [6.45, 7) is 2.27. The Labute approximate surface area is 200 Å². The number of benzene rings is 3. The van der Waals surface area contributed by atoms with Crippen LogP contribution in [0, 0.1) is 17.8 Å². The molecule has 0 aliphatic heterocycles. The molecule has 34 heavy (non-hydrogen) atoms. The van der Waals surface area contributed by atoms with Crippen LogP contribution in [-0.4, -0.2) is 6.36 Å². The molecule has 178 valence electrons. The molecule has 0 atom stereocenters. The molecule has 0 amide bonds. The average molecular weight is 465 g/mol. The maximum absolute atomic E-state index is 12.4. The maximum Gasteiger partial charge on any atom is 0.573 e. The van der Waals surface area contributed by atoms with E-state index in [0.29, 0.717) is 11.3 Å². The van der Waals surface area contributed by atoms with Crippen molar-refractivity contribution in [2.75, 3.05) is 0 Å². The lowest BCUT2D eigenvalue weighted by atomic mass is 9.77. The van der Waals surface area contributed by atoms with Gasteiger partial charge >= 0.3 is 6.36 Å². The Morgan fingerprint density at radius 2 is 1.44 bits per heavy atom. The van der Waals surface area contributed by atoms with Gasteiger partial charge in [-0.05, 0) is 90.3 Å². The van der Waals surface area contributed by atoms with Gasteiger partial charge in [0.1, 0.15) is 5.75 Å². The molecular weight excluding hydrogens is 433 g/mol. The molecule has 0 spiro atoms. The molecule has 3 aromatic rings. The molecule has 1 aliphatic rings. The number of ether oxygens (including phenoxy) is 1. The van der Waals surface area contributed by atoms with Crippen molar-refractivity contribution in [1.82, 2.24) is 0 Å². The van der Waals surface area contributed by atoms with Gasteiger partial charge in [-0.1, -0.05) is 68.7 Å². The average Bonchev–Trinajstić information content (AvgIpc) is 2.83. The smallest absolute Gasteiger partial charge is 0.406 e. The van der Waals surface area contributed by atoms with E-state index in [0.717, 1.165) is 22.4 Å². The highest BCUT2D eigenvalue weighted by molar-refractivity contribution is 5.85. The van der Waals surface area contributed by atoms with Crippen LogP contribution >= 0.6 is 0 Å². The largest absolute Gasteiger partial charge is 0.573 e. The van der Waals surface area contributed by atoms with Crippen LogP contribution in [0.4, 0.5) is 13.2 Å². The summed E-state index contributed by atoms with van der Waals surface area (Å²) >= 11 is 0. The number of fused-ring (bicyclic) bond motifs is 1. The molecule has 0 heterocycles. The monoisotopic (exact) mass is 464 g/mol. The first-order valence-electron chi connectivity index (χ1n) is 12.3. The second-order valence-corrected chi connectivity index (χ2v) is 9.36. The van der Waals surface area contributed by atoms with Crippen molar-refractivity contribution < 1.29 is 17.9 Å². The molecule has 0 bridgehead atoms. The van der Waals surface area contributed by atoms with Crippen molar-refractivity contribution in [3.63, 3.8) is 0 Å². The van der Waals surface area contributed by atoms with Gasteiger partial charge in [-0.2, -0.15) is 0 Å². The topological polar surface area (TPSA) is 9.23 Å². The Kier molecular flexibility index (Phi) is 7.83. The standard InChI is InChI=1S/C30H31F3O/c1-2-3-4-5-22-8-13-25(14-9-22)26-15-10-23(11-16-26)6-7-24-12-17-28-21-29(34-30(31,32)33)19-18-27(28)20-24/h10-12,15-22,25H,2-5,8-9,13-14H2,1H3/t22-,25-. The minimum absolute atomic E-state index is 0.219. The van der Waals surface area contributed by atoms with Gasteiger partial charge in [-0.15, -0.1) is 13.2 Å². The number of alkyl halides is 3. The molecule has 1 aliphatic carbocycles. The van der Waals surface area contributed by atoms with Gasteiger partial charge in [-0.25, -0.2) is 0 Å². The normalized spacial score (nSPS) is 18.4. The maximum atomic E-state index is 12.4. The first-order valence-corrected chi connectivity index (χ1v) is 12.3. The molecule has 0 radical (unpaired) electrons. The van der Waals surface area contributed by atoms with Crippen LogP contribution in [0.2, 0.25) is 0 Å². The highest BCUT2D eigenvalue weighted by Gasteiger charge is 2.31. The van der Waals surface area contributed by atoms with Gasteiger partial charge in [0.15, 0.2) is 0 Å². The third-order valence-corrected chi connectivity index (χ3v) is 6.84. The predicted molar refractivity (Wildman–Crippen MR) is 132 cm³/mol. The summed E-state index contributed by atoms with van der Waals surface area (Å²) in [5.41, 5.74) is 3.20. The molecule has 1 saturated carbocycles. The van der Waals surface area contributed by atoms with Gasteiger partial charge < -0.3 is 4.74 Å². The molecule has 0 aromatic heterocycles. The van der Waals surface area contributed by atoms with E-state index >= 15 is 0 Å². The number of halogens is 3. The van der Waals surface area contributed by atoms with E-state index in [1.165, 1.54) is 69.1 Å². The lowest BCUT2D eigenvalue weighted by Crippen LogP contribution is -2.16. The summed E-state index contributed by atoms with van der Waals surface area (Å²) in [7, 11) is 0. The van der Waals surface area contributed by atoms with Gasteiger partial charge in [-0.3, -0.25) is 0 Å². The molecule has 0 saturated heterocycles. The summed E-state index contributed by atoms with van der Waals surface area (Å²) in [6, 6.07) is 18.4. The van der Waals surface area contributed by atoms with E-state index in [9.17, 15) is 13.2 Å². The van der Waals surface area contributed by atoms with Gasteiger partial charge in [0.2, 0.25) is 0 Å². The van der Waals surface area contributed by atoms with E-state index in [2.05, 4.69) is 47.8 Å². The molecule has 1 fully saturated rings. The van der Waals surface area contributed by atoms with Crippen molar-refractivity contribution in [3.05, 3.63) is 77.4 Å². The van der Waals surface area contributed by atoms with E-state index in [-0.39, 0.29) is 5.75 Å². The van der Waals surface area contributed by atoms with Gasteiger partial charge in [0, 0.05) is 11.1 Å². The Bertz CT molecular complexity index is 1140. The Hall–Kier alpha value is -2.93. The lowest BCUT2D eigenvalue weighted by molar-refractivity contribution is -0.274. The Morgan fingerprint density at radius 1 is 0.794 bits per heavy atom. The van der Waals surface area contributed by atoms with E-state index in [1.807, 2.05) is 12.1 Å². The summed E-state index contributed by atoms with van der Waals surface area (Å²) in [6.07, 6.45) is 6.01. The van der Waals surface area contributed by atoms with Crippen LogP contribution in [0.1, 0.15) is 80.9 Å². The van der Waals surface area contributed by atoms with E-state index < -0.39 is 6.36 Å². The fourth-order valence-corrected chi connectivity index (χ4v) is 4.95. The molecule has 0 unspecified atom stereocenters. The van der Waals surface area contributed by atoms with Crippen LogP contribution in [-0.2, 0) is 0 Å². The van der Waals surface area contributed by atoms with E-state index in [4.69, 9.17) is 0 Å². The third-order valence-electron chi connectivity index (χ3n) is 6.84. The van der Waals surface area contributed by atoms with Gasteiger partial charge in [0.05, 0.1) is 0 Å². The number of hydrogen-bond acceptors (Lipinski definition) is 1. The highest BCUT2D eigenvalue weighted by Crippen LogP contribution is 2.37. The second-order valence-electron chi connectivity index (χ2n) is 9.36. The summed E-state index contributed by atoms with van der Waals surface area (Å²) < 4.78 is 41.3. The van der Waals surface area contributed by atoms with Crippen LogP contribution in [0.25, 0.3) is 10.8 Å². The van der Waals surface area contributed by atoms with Crippen molar-refractivity contribution in [1.29, 1.82) is 0 Å². The molecular formula is C30H31F3O. The number of unbranched alkanes of at least 4 members (excludes halogenated alkanes) is 2. The first kappa shape index (κ1) is 24.2. The fraction of sp³-hybridized carbons (Fsp3) is 0.400. The van der Waals surface area contributed by atoms with Crippen molar-refractivity contribution in [3.8, 4) is 17.6 Å². The van der Waals surface area contributed by atoms with E-state index in [1.54, 1.807) is 12.1 Å². The summed E-state index contributed by atoms with van der Waals surface area (Å²) in [4.78, 5) is 0. The molecule has 1 nitrogen and oxygen atoms in total. The van der Waals surface area contributed by atoms with Crippen molar-refractivity contribution in [2.24, 2.45) is 5.92 Å². The van der Waals surface area contributed by atoms with Crippen LogP contribution in [0.5, 0.6) is 5.75 Å².